The van der Waals surface area contributed by atoms with Gasteiger partial charge in [-0.3, -0.25) is 4.79 Å². The third-order valence-corrected chi connectivity index (χ3v) is 3.01. The van der Waals surface area contributed by atoms with E-state index in [0.717, 1.165) is 16.8 Å². The molecule has 0 unspecified atom stereocenters. The van der Waals surface area contributed by atoms with E-state index in [1.54, 1.807) is 36.4 Å². The van der Waals surface area contributed by atoms with Crippen LogP contribution in [0.3, 0.4) is 0 Å². The molecule has 0 radical (unpaired) electrons. The molecule has 1 amide bonds. The Balaban J connectivity index is 2.08. The number of nitrogens with two attached hydrogens (primary N) is 1. The third-order valence-electron chi connectivity index (χ3n) is 3.01. The van der Waals surface area contributed by atoms with Gasteiger partial charge in [0.2, 0.25) is 0 Å². The maximum Gasteiger partial charge on any atom is 0.256 e. The van der Waals surface area contributed by atoms with E-state index in [0.29, 0.717) is 11.3 Å². The minimum Gasteiger partial charge on any atom is -0.399 e. The van der Waals surface area contributed by atoms with Crippen LogP contribution in [0.4, 0.5) is 15.8 Å². The van der Waals surface area contributed by atoms with Gasteiger partial charge in [0, 0.05) is 22.5 Å². The largest absolute Gasteiger partial charge is 0.399 e. The monoisotopic (exact) mass is 254 g/mol. The zero-order valence-electron chi connectivity index (χ0n) is 9.98. The standard InChI is InChI=1S/C15H11FN2O/c16-10-3-1-9(2-4-10)7-13-12-8-11(17)5-6-14(12)18-15(13)19/h1-8H,17H2,(H,18,19)/b13-7-. The molecule has 4 heteroatoms. The summed E-state index contributed by atoms with van der Waals surface area (Å²) >= 11 is 0. The lowest BCUT2D eigenvalue weighted by atomic mass is 10.0. The lowest BCUT2D eigenvalue weighted by molar-refractivity contribution is -0.110. The number of benzene rings is 2. The van der Waals surface area contributed by atoms with Crippen LogP contribution in [0, 0.1) is 5.82 Å². The predicted octanol–water partition coefficient (Wildman–Crippen LogP) is 2.90. The Labute approximate surface area is 109 Å². The molecule has 0 saturated carbocycles. The molecule has 0 atom stereocenters. The Kier molecular flexibility index (Phi) is 2.56. The zero-order valence-corrected chi connectivity index (χ0v) is 9.98. The SMILES string of the molecule is Nc1ccc2c(c1)/C(=C/c1ccc(F)cc1)C(=O)N2. The molecule has 0 spiro atoms. The summed E-state index contributed by atoms with van der Waals surface area (Å²) < 4.78 is 12.9. The van der Waals surface area contributed by atoms with E-state index in [9.17, 15) is 9.18 Å². The summed E-state index contributed by atoms with van der Waals surface area (Å²) in [4.78, 5) is 11.9. The van der Waals surface area contributed by atoms with Crippen molar-refractivity contribution in [2.24, 2.45) is 0 Å². The summed E-state index contributed by atoms with van der Waals surface area (Å²) in [6.07, 6.45) is 1.72. The van der Waals surface area contributed by atoms with E-state index < -0.39 is 0 Å². The highest BCUT2D eigenvalue weighted by atomic mass is 19.1. The summed E-state index contributed by atoms with van der Waals surface area (Å²) in [7, 11) is 0. The average Bonchev–Trinajstić information content (AvgIpc) is 2.69. The van der Waals surface area contributed by atoms with Crippen molar-refractivity contribution in [3.8, 4) is 0 Å². The van der Waals surface area contributed by atoms with Crippen molar-refractivity contribution in [1.29, 1.82) is 0 Å². The minimum absolute atomic E-state index is 0.176. The number of halogens is 1. The normalized spacial score (nSPS) is 15.4. The summed E-state index contributed by atoms with van der Waals surface area (Å²) in [6, 6.07) is 11.2. The molecule has 3 rings (SSSR count). The Morgan fingerprint density at radius 3 is 2.58 bits per heavy atom. The molecular weight excluding hydrogens is 243 g/mol. The van der Waals surface area contributed by atoms with Gasteiger partial charge in [0.25, 0.3) is 5.91 Å². The highest BCUT2D eigenvalue weighted by molar-refractivity contribution is 6.35. The van der Waals surface area contributed by atoms with Crippen molar-refractivity contribution in [3.05, 3.63) is 59.4 Å². The first-order chi connectivity index (χ1) is 9.13. The highest BCUT2D eigenvalue weighted by Crippen LogP contribution is 2.34. The second-order valence-corrected chi connectivity index (χ2v) is 4.37. The Morgan fingerprint density at radius 1 is 1.11 bits per heavy atom. The second kappa shape index (κ2) is 4.24. The summed E-state index contributed by atoms with van der Waals surface area (Å²) in [5.74, 6) is -0.479. The molecule has 0 aliphatic carbocycles. The quantitative estimate of drug-likeness (QED) is 0.607. The molecular formula is C15H11FN2O. The number of carbonyl (C=O) groups excluding carboxylic acids is 1. The third kappa shape index (κ3) is 2.08. The fourth-order valence-corrected chi connectivity index (χ4v) is 2.07. The number of nitrogens with one attached hydrogen (secondary N) is 1. The molecule has 1 aliphatic rings. The van der Waals surface area contributed by atoms with Crippen molar-refractivity contribution >= 4 is 28.9 Å². The van der Waals surface area contributed by atoms with Crippen LogP contribution in [-0.2, 0) is 4.79 Å². The number of amides is 1. The van der Waals surface area contributed by atoms with Crippen molar-refractivity contribution in [3.63, 3.8) is 0 Å². The van der Waals surface area contributed by atoms with E-state index in [4.69, 9.17) is 5.73 Å². The van der Waals surface area contributed by atoms with E-state index in [-0.39, 0.29) is 11.7 Å². The van der Waals surface area contributed by atoms with Gasteiger partial charge in [-0.05, 0) is 42.0 Å². The van der Waals surface area contributed by atoms with E-state index in [1.165, 1.54) is 12.1 Å². The number of hydrogen-bond acceptors (Lipinski definition) is 2. The fraction of sp³-hybridized carbons (Fsp3) is 0. The number of carbonyl (C=O) groups is 1. The maximum atomic E-state index is 12.9. The molecule has 94 valence electrons. The first-order valence-corrected chi connectivity index (χ1v) is 5.82. The van der Waals surface area contributed by atoms with Gasteiger partial charge in [0.15, 0.2) is 0 Å². The van der Waals surface area contributed by atoms with Gasteiger partial charge < -0.3 is 11.1 Å². The number of fused-ring (bicyclic) bond motifs is 1. The van der Waals surface area contributed by atoms with E-state index in [2.05, 4.69) is 5.32 Å². The minimum atomic E-state index is -0.303. The molecule has 0 bridgehead atoms. The maximum absolute atomic E-state index is 12.9. The molecule has 3 nitrogen and oxygen atoms in total. The van der Waals surface area contributed by atoms with Crippen molar-refractivity contribution in [1.82, 2.24) is 0 Å². The van der Waals surface area contributed by atoms with Crippen LogP contribution in [0.2, 0.25) is 0 Å². The topological polar surface area (TPSA) is 55.1 Å². The van der Waals surface area contributed by atoms with Gasteiger partial charge in [0.1, 0.15) is 5.82 Å². The van der Waals surface area contributed by atoms with Crippen molar-refractivity contribution in [2.45, 2.75) is 0 Å². The number of hydrogen-bond donors (Lipinski definition) is 2. The highest BCUT2D eigenvalue weighted by Gasteiger charge is 2.23. The van der Waals surface area contributed by atoms with Gasteiger partial charge in [-0.15, -0.1) is 0 Å². The molecule has 2 aromatic rings. The molecule has 0 fully saturated rings. The number of rotatable bonds is 1. The Morgan fingerprint density at radius 2 is 1.84 bits per heavy atom. The first-order valence-electron chi connectivity index (χ1n) is 5.82. The van der Waals surface area contributed by atoms with Gasteiger partial charge in [-0.2, -0.15) is 0 Å². The van der Waals surface area contributed by atoms with Crippen molar-refractivity contribution in [2.75, 3.05) is 11.1 Å². The smallest absolute Gasteiger partial charge is 0.256 e. The summed E-state index contributed by atoms with van der Waals surface area (Å²) in [6.45, 7) is 0. The van der Waals surface area contributed by atoms with Gasteiger partial charge >= 0.3 is 0 Å². The second-order valence-electron chi connectivity index (χ2n) is 4.37. The van der Waals surface area contributed by atoms with Gasteiger partial charge in [0.05, 0.1) is 0 Å². The molecule has 0 saturated heterocycles. The molecule has 19 heavy (non-hydrogen) atoms. The van der Waals surface area contributed by atoms with Crippen LogP contribution in [0.1, 0.15) is 11.1 Å². The first kappa shape index (κ1) is 11.5. The lowest BCUT2D eigenvalue weighted by Crippen LogP contribution is -2.03. The predicted molar refractivity (Wildman–Crippen MR) is 73.8 cm³/mol. The van der Waals surface area contributed by atoms with Crippen LogP contribution >= 0.6 is 0 Å². The van der Waals surface area contributed by atoms with Gasteiger partial charge in [-0.1, -0.05) is 12.1 Å². The molecule has 2 aromatic carbocycles. The van der Waals surface area contributed by atoms with Crippen LogP contribution in [0.25, 0.3) is 11.6 Å². The van der Waals surface area contributed by atoms with Crippen molar-refractivity contribution < 1.29 is 9.18 Å². The Hall–Kier alpha value is -2.62. The molecule has 1 heterocycles. The fourth-order valence-electron chi connectivity index (χ4n) is 2.07. The van der Waals surface area contributed by atoms with E-state index >= 15 is 0 Å². The molecule has 3 N–H and O–H groups in total. The number of nitrogen functional groups attached to an aromatic ring is 1. The average molecular weight is 254 g/mol. The van der Waals surface area contributed by atoms with Crippen LogP contribution in [-0.4, -0.2) is 5.91 Å². The molecule has 0 aromatic heterocycles. The van der Waals surface area contributed by atoms with Gasteiger partial charge in [-0.25, -0.2) is 4.39 Å². The summed E-state index contributed by atoms with van der Waals surface area (Å²) in [5.41, 5.74) is 9.15. The van der Waals surface area contributed by atoms with Crippen LogP contribution in [0.5, 0.6) is 0 Å². The Bertz CT molecular complexity index is 690. The summed E-state index contributed by atoms with van der Waals surface area (Å²) in [5, 5.41) is 2.77. The lowest BCUT2D eigenvalue weighted by Gasteiger charge is -2.00. The van der Waals surface area contributed by atoms with E-state index in [1.807, 2.05) is 0 Å². The molecule has 1 aliphatic heterocycles. The van der Waals surface area contributed by atoms with Crippen LogP contribution < -0.4 is 11.1 Å². The van der Waals surface area contributed by atoms with Crippen LogP contribution in [0.15, 0.2) is 42.5 Å². The number of anilines is 2. The zero-order chi connectivity index (χ0) is 13.4.